The molecule has 0 spiro atoms. The van der Waals surface area contributed by atoms with Crippen LogP contribution in [-0.2, 0) is 33.4 Å². The number of methoxy groups -OCH3 is 2. The first-order valence-corrected chi connectivity index (χ1v) is 19.1. The normalized spacial score (nSPS) is 26.7. The number of nitrogens with two attached hydrogens (primary N) is 1. The van der Waals surface area contributed by atoms with E-state index in [4.69, 9.17) is 19.9 Å². The number of allylic oxidation sites excluding steroid dienone is 4. The molecule has 6 N–H and O–H groups in total. The highest BCUT2D eigenvalue weighted by Crippen LogP contribution is 2.29. The minimum absolute atomic E-state index is 0.135. The van der Waals surface area contributed by atoms with Crippen LogP contribution in [0, 0.1) is 11.8 Å². The average molecular weight is 775 g/mol. The third kappa shape index (κ3) is 14.2. The number of ketones is 2. The Morgan fingerprint density at radius 1 is 1.00 bits per heavy atom. The molecule has 13 heteroatoms. The summed E-state index contributed by atoms with van der Waals surface area (Å²) in [5.74, 6) is -2.34. The number of aliphatic hydroxyl groups is 1. The van der Waals surface area contributed by atoms with Gasteiger partial charge in [-0.15, -0.1) is 0 Å². The number of rotatable bonds is 13. The number of hydrogen-bond donors (Lipinski definition) is 5. The second kappa shape index (κ2) is 23.1. The highest BCUT2D eigenvalue weighted by molar-refractivity contribution is 6.23. The van der Waals surface area contributed by atoms with E-state index in [1.807, 2.05) is 37.3 Å². The maximum atomic E-state index is 14.0. The van der Waals surface area contributed by atoms with Gasteiger partial charge in [0, 0.05) is 56.5 Å². The highest BCUT2D eigenvalue weighted by Gasteiger charge is 2.33. The summed E-state index contributed by atoms with van der Waals surface area (Å²) in [4.78, 5) is 64.7. The van der Waals surface area contributed by atoms with E-state index in [1.165, 1.54) is 26.4 Å². The molecule has 2 aliphatic rings. The van der Waals surface area contributed by atoms with Crippen LogP contribution in [0.5, 0.6) is 0 Å². The van der Waals surface area contributed by atoms with Gasteiger partial charge in [-0.2, -0.15) is 0 Å². The van der Waals surface area contributed by atoms with Gasteiger partial charge in [-0.25, -0.2) is 4.79 Å². The van der Waals surface area contributed by atoms with Gasteiger partial charge in [0.2, 0.25) is 17.5 Å². The summed E-state index contributed by atoms with van der Waals surface area (Å²) in [6.07, 6.45) is 10.2. The molecule has 0 saturated carbocycles. The fourth-order valence-corrected chi connectivity index (χ4v) is 6.60. The van der Waals surface area contributed by atoms with Crippen LogP contribution in [0.1, 0.15) is 71.8 Å². The molecule has 6 atom stereocenters. The fourth-order valence-electron chi connectivity index (χ4n) is 6.60. The Kier molecular flexibility index (Phi) is 18.7. The largest absolute Gasteiger partial charge is 0.439 e. The first-order valence-electron chi connectivity index (χ1n) is 19.1. The van der Waals surface area contributed by atoms with Gasteiger partial charge >= 0.3 is 6.09 Å². The van der Waals surface area contributed by atoms with Crippen molar-refractivity contribution in [3.05, 3.63) is 100 Å². The number of carbonyl (C=O) groups excluding carboxylic acids is 5. The van der Waals surface area contributed by atoms with E-state index in [2.05, 4.69) is 16.0 Å². The molecule has 304 valence electrons. The lowest BCUT2D eigenvalue weighted by Gasteiger charge is -2.30. The number of benzene rings is 1. The van der Waals surface area contributed by atoms with Crippen molar-refractivity contribution in [2.24, 2.45) is 17.6 Å². The maximum Gasteiger partial charge on any atom is 0.405 e. The van der Waals surface area contributed by atoms with Crippen molar-refractivity contribution in [1.29, 1.82) is 0 Å². The molecular formula is C43H58N4O9. The van der Waals surface area contributed by atoms with Crippen LogP contribution < -0.4 is 21.7 Å². The van der Waals surface area contributed by atoms with Crippen LogP contribution in [0.2, 0.25) is 0 Å². The quantitative estimate of drug-likeness (QED) is 0.0809. The number of carbonyl (C=O) groups is 5. The molecule has 13 nitrogen and oxygen atoms in total. The topological polar surface area (TPSA) is 195 Å². The van der Waals surface area contributed by atoms with Crippen molar-refractivity contribution in [3.8, 4) is 0 Å². The molecule has 3 rings (SSSR count). The Balaban J connectivity index is 1.76. The predicted molar refractivity (Wildman–Crippen MR) is 214 cm³/mol. The van der Waals surface area contributed by atoms with Gasteiger partial charge < -0.3 is 41.0 Å². The van der Waals surface area contributed by atoms with Gasteiger partial charge in [0.05, 0.1) is 23.6 Å². The van der Waals surface area contributed by atoms with Gasteiger partial charge in [0.25, 0.3) is 5.91 Å². The molecular weight excluding hydrogens is 716 g/mol. The second-order valence-electron chi connectivity index (χ2n) is 14.3. The van der Waals surface area contributed by atoms with Gasteiger partial charge in [-0.05, 0) is 62.7 Å². The number of aliphatic hydroxyl groups excluding tert-OH is 1. The summed E-state index contributed by atoms with van der Waals surface area (Å²) in [6, 6.07) is 9.59. The zero-order valence-electron chi connectivity index (χ0n) is 33.3. The summed E-state index contributed by atoms with van der Waals surface area (Å²) >= 11 is 0. The molecule has 56 heavy (non-hydrogen) atoms. The van der Waals surface area contributed by atoms with Crippen LogP contribution in [0.3, 0.4) is 0 Å². The lowest BCUT2D eigenvalue weighted by molar-refractivity contribution is -0.120. The van der Waals surface area contributed by atoms with Crippen LogP contribution >= 0.6 is 0 Å². The average Bonchev–Trinajstić information content (AvgIpc) is 3.17. The number of nitrogens with one attached hydrogen (secondary N) is 3. The first kappa shape index (κ1) is 45.3. The highest BCUT2D eigenvalue weighted by atomic mass is 16.6. The smallest absolute Gasteiger partial charge is 0.405 e. The van der Waals surface area contributed by atoms with Crippen molar-refractivity contribution < 1.29 is 43.3 Å². The van der Waals surface area contributed by atoms with E-state index in [0.29, 0.717) is 25.1 Å². The van der Waals surface area contributed by atoms with Crippen molar-refractivity contribution >= 4 is 35.6 Å². The molecule has 3 amide bonds. The molecule has 0 aromatic heterocycles. The zero-order chi connectivity index (χ0) is 41.2. The van der Waals surface area contributed by atoms with E-state index < -0.39 is 53.9 Å². The number of primary amides is 1. The number of fused-ring (bicyclic) bond motifs is 2. The molecule has 0 fully saturated rings. The zero-order valence-corrected chi connectivity index (χ0v) is 33.3. The van der Waals surface area contributed by atoms with E-state index in [9.17, 15) is 29.1 Å². The molecule has 1 heterocycles. The van der Waals surface area contributed by atoms with Crippen LogP contribution in [0.4, 0.5) is 4.79 Å². The molecule has 0 radical (unpaired) electrons. The number of amides is 3. The number of Topliss-reactive ketones (excluding diaryl/α,β-unsaturated/α-hetero) is 1. The van der Waals surface area contributed by atoms with Crippen LogP contribution in [0.25, 0.3) is 6.08 Å². The standard InChI is InChI=1S/C43H58N4O9/c1-27-23-32-38(46-22-13-8-7-12-21-45-37(49)20-19-31-16-10-9-11-17-31)34(48)26-33(40(32)51)47-42(52)28(2)15-14-18-35(54-5)41(56-43(44)53)30(4)25-29(3)39(50)36(24-27)55-6/h9-11,14-20,25-27,29,35-36,39,41,46,50H,7-8,12-13,21-24H2,1-6H3,(H2,44,53)(H,45,49)(H,47,52)/b18-14-,20-19+,28-15+,30-25+/t27-,29+,35+,36+,39-,41+/m1/s1. The Hall–Kier alpha value is -5.11. The molecule has 1 aromatic rings. The molecule has 1 aliphatic heterocycles. The van der Waals surface area contributed by atoms with E-state index in [-0.39, 0.29) is 40.8 Å². The third-order valence-electron chi connectivity index (χ3n) is 9.72. The minimum Gasteiger partial charge on any atom is -0.439 e. The number of ether oxygens (including phenoxy) is 3. The van der Waals surface area contributed by atoms with Crippen molar-refractivity contribution in [1.82, 2.24) is 16.0 Å². The Bertz CT molecular complexity index is 1730. The second-order valence-corrected chi connectivity index (χ2v) is 14.3. The summed E-state index contributed by atoms with van der Waals surface area (Å²) in [6.45, 7) is 7.98. The van der Waals surface area contributed by atoms with E-state index >= 15 is 0 Å². The van der Waals surface area contributed by atoms with Gasteiger partial charge in [0.1, 0.15) is 6.10 Å². The Morgan fingerprint density at radius 2 is 1.70 bits per heavy atom. The summed E-state index contributed by atoms with van der Waals surface area (Å²) < 4.78 is 16.7. The van der Waals surface area contributed by atoms with E-state index in [1.54, 1.807) is 45.1 Å². The lowest BCUT2D eigenvalue weighted by atomic mass is 9.85. The monoisotopic (exact) mass is 774 g/mol. The summed E-state index contributed by atoms with van der Waals surface area (Å²) in [5, 5.41) is 20.1. The van der Waals surface area contributed by atoms with Crippen LogP contribution in [-0.4, -0.2) is 86.3 Å². The fraction of sp³-hybridized carbons (Fsp3) is 0.465. The lowest BCUT2D eigenvalue weighted by Crippen LogP contribution is -2.38. The minimum atomic E-state index is -1.01. The Morgan fingerprint density at radius 3 is 2.36 bits per heavy atom. The SMILES string of the molecule is CO[C@H]1/C=C\C=C(/C)C(=O)NC2=CC(=O)C(NCCCCCCNC(=O)/C=C/c3ccccc3)=C(C[C@@H](C)C[C@H](OC)[C@H](O)[C@@H](C)/C=C(\C)[C@@H]1OC(N)=O)C2=O. The van der Waals surface area contributed by atoms with Crippen molar-refractivity contribution in [2.75, 3.05) is 27.3 Å². The molecule has 2 bridgehead atoms. The molecule has 0 saturated heterocycles. The maximum absolute atomic E-state index is 14.0. The summed E-state index contributed by atoms with van der Waals surface area (Å²) in [7, 11) is 2.93. The first-order chi connectivity index (χ1) is 26.7. The van der Waals surface area contributed by atoms with Gasteiger partial charge in [-0.3, -0.25) is 19.2 Å². The molecule has 1 aromatic carbocycles. The van der Waals surface area contributed by atoms with Crippen molar-refractivity contribution in [3.63, 3.8) is 0 Å². The van der Waals surface area contributed by atoms with Crippen molar-refractivity contribution in [2.45, 2.75) is 90.6 Å². The number of unbranched alkanes of at least 4 members (excludes halogenated alkanes) is 3. The number of hydrogen-bond acceptors (Lipinski definition) is 10. The van der Waals surface area contributed by atoms with E-state index in [0.717, 1.165) is 37.3 Å². The summed E-state index contributed by atoms with van der Waals surface area (Å²) in [5.41, 5.74) is 7.45. The molecule has 1 aliphatic carbocycles. The third-order valence-corrected chi connectivity index (χ3v) is 9.72. The van der Waals surface area contributed by atoms with Gasteiger partial charge in [-0.1, -0.05) is 81.3 Å². The van der Waals surface area contributed by atoms with Gasteiger partial charge in [0.15, 0.2) is 6.10 Å². The van der Waals surface area contributed by atoms with Crippen LogP contribution in [0.15, 0.2) is 94.9 Å². The predicted octanol–water partition coefficient (Wildman–Crippen LogP) is 4.74. The molecule has 0 unspecified atom stereocenters. The Labute approximate surface area is 330 Å².